The molecular weight excluding hydrogens is 408 g/mol. The van der Waals surface area contributed by atoms with Crippen molar-refractivity contribution < 1.29 is 4.74 Å². The molecule has 5 nitrogen and oxygen atoms in total. The third-order valence-corrected chi connectivity index (χ3v) is 5.33. The number of rotatable bonds is 8. The molecular formula is C25H25ClN4O. The summed E-state index contributed by atoms with van der Waals surface area (Å²) in [5.74, 6) is 1.74. The Hall–Kier alpha value is -3.18. The molecule has 0 fully saturated rings. The molecule has 0 amide bonds. The zero-order valence-electron chi connectivity index (χ0n) is 17.7. The minimum Gasteiger partial charge on any atom is -0.497 e. The first-order valence-electron chi connectivity index (χ1n) is 10.3. The Morgan fingerprint density at radius 1 is 1.00 bits per heavy atom. The second kappa shape index (κ2) is 9.75. The fourth-order valence-corrected chi connectivity index (χ4v) is 3.83. The number of nitrogens with one attached hydrogen (secondary N) is 1. The van der Waals surface area contributed by atoms with Gasteiger partial charge in [-0.1, -0.05) is 17.7 Å². The van der Waals surface area contributed by atoms with Gasteiger partial charge in [-0.05, 0) is 66.9 Å². The highest BCUT2D eigenvalue weighted by Crippen LogP contribution is 2.24. The van der Waals surface area contributed by atoms with E-state index in [0.717, 1.165) is 59.7 Å². The summed E-state index contributed by atoms with van der Waals surface area (Å²) in [5, 5.41) is 5.26. The number of nitrogens with zero attached hydrogens (tertiary/aromatic N) is 3. The largest absolute Gasteiger partial charge is 0.497 e. The van der Waals surface area contributed by atoms with Gasteiger partial charge in [0.2, 0.25) is 0 Å². The highest BCUT2D eigenvalue weighted by Gasteiger charge is 2.05. The third kappa shape index (κ3) is 5.50. The molecule has 0 saturated heterocycles. The molecule has 0 atom stereocenters. The molecule has 0 spiro atoms. The van der Waals surface area contributed by atoms with Gasteiger partial charge in [-0.15, -0.1) is 0 Å². The van der Waals surface area contributed by atoms with E-state index in [1.165, 1.54) is 11.1 Å². The molecule has 0 unspecified atom stereocenters. The Labute approximate surface area is 187 Å². The smallest absolute Gasteiger partial charge is 0.128 e. The van der Waals surface area contributed by atoms with E-state index in [0.29, 0.717) is 5.02 Å². The first-order valence-corrected chi connectivity index (χ1v) is 10.7. The third-order valence-electron chi connectivity index (χ3n) is 5.09. The summed E-state index contributed by atoms with van der Waals surface area (Å²) in [6.45, 7) is 2.90. The number of hydrogen-bond acceptors (Lipinski definition) is 5. The topological polar surface area (TPSA) is 59.9 Å². The van der Waals surface area contributed by atoms with E-state index in [9.17, 15) is 0 Å². The number of hydrogen-bond donors (Lipinski definition) is 1. The Bertz CT molecular complexity index is 1200. The van der Waals surface area contributed by atoms with Gasteiger partial charge in [-0.25, -0.2) is 9.97 Å². The summed E-state index contributed by atoms with van der Waals surface area (Å²) in [5.41, 5.74) is 5.34. The lowest BCUT2D eigenvalue weighted by Crippen LogP contribution is -2.06. The predicted octanol–water partition coefficient (Wildman–Crippen LogP) is 5.63. The SMILES string of the molecule is COc1cc(C)cc(Cc2ccnc(CCCNc3ccnc4cc(Cl)ccc34)n2)c1. The van der Waals surface area contributed by atoms with E-state index in [4.69, 9.17) is 21.3 Å². The van der Waals surface area contributed by atoms with E-state index in [-0.39, 0.29) is 0 Å². The summed E-state index contributed by atoms with van der Waals surface area (Å²) in [6.07, 6.45) is 6.15. The highest BCUT2D eigenvalue weighted by atomic mass is 35.5. The molecule has 0 radical (unpaired) electrons. The molecule has 0 aliphatic heterocycles. The Balaban J connectivity index is 1.35. The molecule has 2 aromatic carbocycles. The normalized spacial score (nSPS) is 10.9. The van der Waals surface area contributed by atoms with Gasteiger partial charge in [0.25, 0.3) is 0 Å². The van der Waals surface area contributed by atoms with Gasteiger partial charge in [0.1, 0.15) is 11.6 Å². The van der Waals surface area contributed by atoms with Crippen LogP contribution in [-0.2, 0) is 12.8 Å². The van der Waals surface area contributed by atoms with Gasteiger partial charge in [0, 0.05) is 53.6 Å². The van der Waals surface area contributed by atoms with E-state index in [1.807, 2.05) is 42.6 Å². The van der Waals surface area contributed by atoms with Crippen molar-refractivity contribution in [1.29, 1.82) is 0 Å². The number of aromatic nitrogens is 3. The fourth-order valence-electron chi connectivity index (χ4n) is 3.66. The first-order chi connectivity index (χ1) is 15.1. The van der Waals surface area contributed by atoms with Crippen molar-refractivity contribution in [3.05, 3.63) is 88.6 Å². The Morgan fingerprint density at radius 3 is 2.74 bits per heavy atom. The maximum absolute atomic E-state index is 6.07. The maximum atomic E-state index is 6.07. The first kappa shape index (κ1) is 21.1. The van der Waals surface area contributed by atoms with Crippen molar-refractivity contribution in [2.45, 2.75) is 26.2 Å². The fraction of sp³-hybridized carbons (Fsp3) is 0.240. The van der Waals surface area contributed by atoms with Crippen molar-refractivity contribution in [3.63, 3.8) is 0 Å². The van der Waals surface area contributed by atoms with Crippen LogP contribution in [0.3, 0.4) is 0 Å². The van der Waals surface area contributed by atoms with E-state index < -0.39 is 0 Å². The molecule has 4 rings (SSSR count). The maximum Gasteiger partial charge on any atom is 0.128 e. The van der Waals surface area contributed by atoms with Crippen LogP contribution in [0.5, 0.6) is 5.75 Å². The molecule has 6 heteroatoms. The van der Waals surface area contributed by atoms with Crippen LogP contribution in [0, 0.1) is 6.92 Å². The molecule has 31 heavy (non-hydrogen) atoms. The lowest BCUT2D eigenvalue weighted by Gasteiger charge is -2.10. The average molecular weight is 433 g/mol. The van der Waals surface area contributed by atoms with Crippen LogP contribution >= 0.6 is 11.6 Å². The molecule has 2 aromatic heterocycles. The lowest BCUT2D eigenvalue weighted by molar-refractivity contribution is 0.414. The number of benzene rings is 2. The lowest BCUT2D eigenvalue weighted by atomic mass is 10.1. The number of pyridine rings is 1. The van der Waals surface area contributed by atoms with Crippen molar-refractivity contribution in [1.82, 2.24) is 15.0 Å². The van der Waals surface area contributed by atoms with Crippen LogP contribution < -0.4 is 10.1 Å². The summed E-state index contributed by atoms with van der Waals surface area (Å²) in [7, 11) is 1.69. The molecule has 158 valence electrons. The number of aryl methyl sites for hydroxylation is 2. The predicted molar refractivity (Wildman–Crippen MR) is 126 cm³/mol. The van der Waals surface area contributed by atoms with E-state index >= 15 is 0 Å². The van der Waals surface area contributed by atoms with Crippen LogP contribution in [0.4, 0.5) is 5.69 Å². The number of fused-ring (bicyclic) bond motifs is 1. The van der Waals surface area contributed by atoms with Crippen molar-refractivity contribution in [2.75, 3.05) is 19.0 Å². The van der Waals surface area contributed by atoms with Crippen LogP contribution in [0.15, 0.2) is 60.9 Å². The minimum absolute atomic E-state index is 0.693. The van der Waals surface area contributed by atoms with Gasteiger partial charge in [0.05, 0.1) is 12.6 Å². The number of halogens is 1. The van der Waals surface area contributed by atoms with Crippen LogP contribution in [0.25, 0.3) is 10.9 Å². The van der Waals surface area contributed by atoms with Crippen LogP contribution in [0.2, 0.25) is 5.02 Å². The molecule has 1 N–H and O–H groups in total. The molecule has 0 aliphatic carbocycles. The zero-order valence-corrected chi connectivity index (χ0v) is 18.5. The monoisotopic (exact) mass is 432 g/mol. The molecule has 0 bridgehead atoms. The summed E-state index contributed by atoms with van der Waals surface area (Å²) in [4.78, 5) is 13.6. The second-order valence-electron chi connectivity index (χ2n) is 7.55. The van der Waals surface area contributed by atoms with E-state index in [1.54, 1.807) is 13.3 Å². The van der Waals surface area contributed by atoms with Crippen molar-refractivity contribution in [2.24, 2.45) is 0 Å². The minimum atomic E-state index is 0.693. The van der Waals surface area contributed by atoms with Gasteiger partial charge < -0.3 is 10.1 Å². The van der Waals surface area contributed by atoms with Crippen molar-refractivity contribution in [3.8, 4) is 5.75 Å². The molecule has 0 saturated carbocycles. The summed E-state index contributed by atoms with van der Waals surface area (Å²) >= 11 is 6.07. The molecule has 0 aliphatic rings. The Morgan fingerprint density at radius 2 is 1.87 bits per heavy atom. The van der Waals surface area contributed by atoms with Gasteiger partial charge in [-0.2, -0.15) is 0 Å². The van der Waals surface area contributed by atoms with Gasteiger partial charge in [-0.3, -0.25) is 4.98 Å². The summed E-state index contributed by atoms with van der Waals surface area (Å²) < 4.78 is 5.38. The quantitative estimate of drug-likeness (QED) is 0.365. The van der Waals surface area contributed by atoms with Crippen molar-refractivity contribution >= 4 is 28.2 Å². The second-order valence-corrected chi connectivity index (χ2v) is 7.99. The van der Waals surface area contributed by atoms with Gasteiger partial charge >= 0.3 is 0 Å². The number of anilines is 1. The number of ether oxygens (including phenoxy) is 1. The summed E-state index contributed by atoms with van der Waals surface area (Å²) in [6, 6.07) is 16.0. The van der Waals surface area contributed by atoms with Crippen LogP contribution in [-0.4, -0.2) is 28.6 Å². The van der Waals surface area contributed by atoms with E-state index in [2.05, 4.69) is 34.3 Å². The van der Waals surface area contributed by atoms with Crippen LogP contribution in [0.1, 0.15) is 29.1 Å². The molecule has 4 aromatic rings. The number of methoxy groups -OCH3 is 1. The van der Waals surface area contributed by atoms with Gasteiger partial charge in [0.15, 0.2) is 0 Å². The highest BCUT2D eigenvalue weighted by molar-refractivity contribution is 6.31. The zero-order chi connectivity index (χ0) is 21.6. The Kier molecular flexibility index (Phi) is 6.63. The molecule has 2 heterocycles. The standard InChI is InChI=1S/C25H25ClN4O/c1-17-12-18(15-21(13-17)31-2)14-20-7-10-29-25(30-20)4-3-9-27-23-8-11-28-24-16-19(26)5-6-22(23)24/h5-8,10-13,15-16H,3-4,9,14H2,1-2H3,(H,27,28). The average Bonchev–Trinajstić information content (AvgIpc) is 2.76.